The van der Waals surface area contributed by atoms with Crippen LogP contribution in [-0.4, -0.2) is 16.3 Å². The Kier molecular flexibility index (Phi) is 4.55. The maximum absolute atomic E-state index is 4.43. The van der Waals surface area contributed by atoms with Crippen LogP contribution < -0.4 is 5.32 Å². The molecule has 0 saturated heterocycles. The molecule has 1 atom stereocenters. The van der Waals surface area contributed by atoms with Crippen LogP contribution in [-0.2, 0) is 6.54 Å². The summed E-state index contributed by atoms with van der Waals surface area (Å²) in [6.07, 6.45) is 3.01. The van der Waals surface area contributed by atoms with Gasteiger partial charge in [-0.3, -0.25) is 4.68 Å². The standard InChI is InChI=1S/C14H21N3S/c1-4-9-17-12(6-8-16-17)13(15-5-2)14-11(3)7-10-18-14/h6-8,10,13,15H,4-5,9H2,1-3H3. The van der Waals surface area contributed by atoms with Gasteiger partial charge in [-0.25, -0.2) is 0 Å². The van der Waals surface area contributed by atoms with Crippen molar-refractivity contribution in [2.24, 2.45) is 0 Å². The molecule has 0 aliphatic carbocycles. The summed E-state index contributed by atoms with van der Waals surface area (Å²) in [5, 5.41) is 10.2. The third-order valence-corrected chi connectivity index (χ3v) is 4.14. The van der Waals surface area contributed by atoms with E-state index < -0.39 is 0 Å². The number of thiophene rings is 1. The van der Waals surface area contributed by atoms with Crippen molar-refractivity contribution in [3.63, 3.8) is 0 Å². The molecule has 0 radical (unpaired) electrons. The van der Waals surface area contributed by atoms with E-state index in [4.69, 9.17) is 0 Å². The fourth-order valence-corrected chi connectivity index (χ4v) is 3.22. The number of aromatic nitrogens is 2. The molecule has 0 aliphatic heterocycles. The van der Waals surface area contributed by atoms with Crippen molar-refractivity contribution in [1.82, 2.24) is 15.1 Å². The molecule has 2 aromatic rings. The van der Waals surface area contributed by atoms with Crippen LogP contribution in [0.1, 0.15) is 42.4 Å². The molecule has 2 heterocycles. The van der Waals surface area contributed by atoms with Crippen LogP contribution in [0.15, 0.2) is 23.7 Å². The molecular formula is C14H21N3S. The molecule has 0 aliphatic rings. The molecule has 98 valence electrons. The number of hydrogen-bond acceptors (Lipinski definition) is 3. The van der Waals surface area contributed by atoms with E-state index in [1.165, 1.54) is 16.1 Å². The second-order valence-corrected chi connectivity index (χ2v) is 5.39. The minimum atomic E-state index is 0.268. The largest absolute Gasteiger partial charge is 0.305 e. The smallest absolute Gasteiger partial charge is 0.0844 e. The van der Waals surface area contributed by atoms with Crippen molar-refractivity contribution in [3.05, 3.63) is 39.8 Å². The second-order valence-electron chi connectivity index (χ2n) is 4.44. The van der Waals surface area contributed by atoms with Gasteiger partial charge in [-0.15, -0.1) is 11.3 Å². The Hall–Kier alpha value is -1.13. The third-order valence-electron chi connectivity index (χ3n) is 3.05. The minimum absolute atomic E-state index is 0.268. The van der Waals surface area contributed by atoms with Gasteiger partial charge in [0.15, 0.2) is 0 Å². The predicted molar refractivity (Wildman–Crippen MR) is 77.1 cm³/mol. The van der Waals surface area contributed by atoms with Crippen LogP contribution in [0.25, 0.3) is 0 Å². The molecule has 0 aromatic carbocycles. The van der Waals surface area contributed by atoms with Crippen LogP contribution in [0, 0.1) is 6.92 Å². The lowest BCUT2D eigenvalue weighted by atomic mass is 10.1. The van der Waals surface area contributed by atoms with Gasteiger partial charge in [0.2, 0.25) is 0 Å². The van der Waals surface area contributed by atoms with Crippen LogP contribution >= 0.6 is 11.3 Å². The van der Waals surface area contributed by atoms with Crippen LogP contribution in [0.2, 0.25) is 0 Å². The molecule has 2 aromatic heterocycles. The Bertz CT molecular complexity index is 487. The van der Waals surface area contributed by atoms with Gasteiger partial charge in [-0.1, -0.05) is 13.8 Å². The molecule has 3 nitrogen and oxygen atoms in total. The maximum Gasteiger partial charge on any atom is 0.0844 e. The first-order valence-corrected chi connectivity index (χ1v) is 7.45. The number of aryl methyl sites for hydroxylation is 2. The highest BCUT2D eigenvalue weighted by Crippen LogP contribution is 2.29. The Morgan fingerprint density at radius 2 is 2.22 bits per heavy atom. The summed E-state index contributed by atoms with van der Waals surface area (Å²) in [4.78, 5) is 1.40. The molecule has 0 amide bonds. The molecule has 0 fully saturated rings. The zero-order valence-electron chi connectivity index (χ0n) is 11.3. The Balaban J connectivity index is 2.35. The van der Waals surface area contributed by atoms with Gasteiger partial charge in [0.25, 0.3) is 0 Å². The number of hydrogen-bond donors (Lipinski definition) is 1. The van der Waals surface area contributed by atoms with Crippen molar-refractivity contribution >= 4 is 11.3 Å². The summed E-state index contributed by atoms with van der Waals surface area (Å²) < 4.78 is 2.12. The molecule has 4 heteroatoms. The van der Waals surface area contributed by atoms with Crippen molar-refractivity contribution in [2.75, 3.05) is 6.54 Å². The van der Waals surface area contributed by atoms with Gasteiger partial charge >= 0.3 is 0 Å². The van der Waals surface area contributed by atoms with Gasteiger partial charge in [0.05, 0.1) is 11.7 Å². The normalized spacial score (nSPS) is 12.8. The zero-order valence-corrected chi connectivity index (χ0v) is 12.1. The summed E-state index contributed by atoms with van der Waals surface area (Å²) >= 11 is 1.82. The summed E-state index contributed by atoms with van der Waals surface area (Å²) in [6.45, 7) is 8.45. The quantitative estimate of drug-likeness (QED) is 0.866. The maximum atomic E-state index is 4.43. The lowest BCUT2D eigenvalue weighted by Gasteiger charge is -2.19. The summed E-state index contributed by atoms with van der Waals surface area (Å²) in [7, 11) is 0. The second kappa shape index (κ2) is 6.16. The van der Waals surface area contributed by atoms with E-state index in [1.807, 2.05) is 17.5 Å². The number of rotatable bonds is 6. The molecule has 2 rings (SSSR count). The third kappa shape index (κ3) is 2.65. The van der Waals surface area contributed by atoms with Crippen LogP contribution in [0.4, 0.5) is 0 Å². The van der Waals surface area contributed by atoms with Crippen molar-refractivity contribution in [2.45, 2.75) is 39.8 Å². The number of nitrogens with one attached hydrogen (secondary N) is 1. The van der Waals surface area contributed by atoms with E-state index in [0.717, 1.165) is 19.5 Å². The average Bonchev–Trinajstić information content (AvgIpc) is 2.96. The fourth-order valence-electron chi connectivity index (χ4n) is 2.20. The van der Waals surface area contributed by atoms with Crippen molar-refractivity contribution in [1.29, 1.82) is 0 Å². The van der Waals surface area contributed by atoms with Gasteiger partial charge in [-0.2, -0.15) is 5.10 Å². The van der Waals surface area contributed by atoms with E-state index in [0.29, 0.717) is 0 Å². The molecular weight excluding hydrogens is 242 g/mol. The zero-order chi connectivity index (χ0) is 13.0. The highest BCUT2D eigenvalue weighted by atomic mass is 32.1. The van der Waals surface area contributed by atoms with Gasteiger partial charge in [0.1, 0.15) is 0 Å². The summed E-state index contributed by atoms with van der Waals surface area (Å²) in [5.74, 6) is 0. The Labute approximate surface area is 113 Å². The van der Waals surface area contributed by atoms with Crippen molar-refractivity contribution in [3.8, 4) is 0 Å². The number of nitrogens with zero attached hydrogens (tertiary/aromatic N) is 2. The fraction of sp³-hybridized carbons (Fsp3) is 0.500. The highest BCUT2D eigenvalue weighted by molar-refractivity contribution is 7.10. The molecule has 0 saturated carbocycles. The first-order valence-electron chi connectivity index (χ1n) is 6.57. The van der Waals surface area contributed by atoms with Gasteiger partial charge < -0.3 is 5.32 Å². The Morgan fingerprint density at radius 3 is 2.83 bits per heavy atom. The van der Waals surface area contributed by atoms with E-state index >= 15 is 0 Å². The van der Waals surface area contributed by atoms with Gasteiger partial charge in [-0.05, 0) is 43.0 Å². The van der Waals surface area contributed by atoms with Crippen LogP contribution in [0.5, 0.6) is 0 Å². The lowest BCUT2D eigenvalue weighted by molar-refractivity contribution is 0.523. The Morgan fingerprint density at radius 1 is 1.39 bits per heavy atom. The van der Waals surface area contributed by atoms with Crippen molar-refractivity contribution < 1.29 is 0 Å². The molecule has 1 N–H and O–H groups in total. The first-order chi connectivity index (χ1) is 8.77. The van der Waals surface area contributed by atoms with E-state index in [9.17, 15) is 0 Å². The van der Waals surface area contributed by atoms with Crippen LogP contribution in [0.3, 0.4) is 0 Å². The molecule has 1 unspecified atom stereocenters. The monoisotopic (exact) mass is 263 g/mol. The van der Waals surface area contributed by atoms with E-state index in [1.54, 1.807) is 0 Å². The SMILES string of the molecule is CCCn1nccc1C(NCC)c1sccc1C. The minimum Gasteiger partial charge on any atom is -0.305 e. The molecule has 0 spiro atoms. The average molecular weight is 263 g/mol. The first kappa shape index (κ1) is 13.3. The summed E-state index contributed by atoms with van der Waals surface area (Å²) in [5.41, 5.74) is 2.62. The van der Waals surface area contributed by atoms with E-state index in [2.05, 4.69) is 53.4 Å². The predicted octanol–water partition coefficient (Wildman–Crippen LogP) is 3.36. The lowest BCUT2D eigenvalue weighted by Crippen LogP contribution is -2.24. The summed E-state index contributed by atoms with van der Waals surface area (Å²) in [6, 6.07) is 4.58. The molecule has 0 bridgehead atoms. The topological polar surface area (TPSA) is 29.9 Å². The molecule has 18 heavy (non-hydrogen) atoms. The van der Waals surface area contributed by atoms with Gasteiger partial charge in [0, 0.05) is 17.6 Å². The van der Waals surface area contributed by atoms with E-state index in [-0.39, 0.29) is 6.04 Å². The highest BCUT2D eigenvalue weighted by Gasteiger charge is 2.19.